The van der Waals surface area contributed by atoms with Crippen LogP contribution in [0.5, 0.6) is 5.75 Å². The van der Waals surface area contributed by atoms with Crippen LogP contribution in [0.4, 0.5) is 4.39 Å². The van der Waals surface area contributed by atoms with E-state index >= 15 is 0 Å². The molecule has 0 radical (unpaired) electrons. The summed E-state index contributed by atoms with van der Waals surface area (Å²) in [7, 11) is 5.03. The summed E-state index contributed by atoms with van der Waals surface area (Å²) in [5, 5.41) is 0. The molecule has 1 atom stereocenters. The number of halogens is 1. The van der Waals surface area contributed by atoms with Crippen LogP contribution in [0.2, 0.25) is 0 Å². The van der Waals surface area contributed by atoms with E-state index in [2.05, 4.69) is 0 Å². The highest BCUT2D eigenvalue weighted by Crippen LogP contribution is 2.17. The molecule has 4 nitrogen and oxygen atoms in total. The van der Waals surface area contributed by atoms with E-state index in [0.29, 0.717) is 31.0 Å². The van der Waals surface area contributed by atoms with Gasteiger partial charge in [0.15, 0.2) is 0 Å². The Morgan fingerprint density at radius 2 is 2.11 bits per heavy atom. The maximum Gasteiger partial charge on any atom is 0.131 e. The molecule has 0 bridgehead atoms. The molecule has 1 rings (SSSR count). The van der Waals surface area contributed by atoms with E-state index in [4.69, 9.17) is 15.2 Å². The summed E-state index contributed by atoms with van der Waals surface area (Å²) in [4.78, 5) is 1.97. The Bertz CT molecular complexity index is 374. The maximum absolute atomic E-state index is 13.7. The second-order valence-electron chi connectivity index (χ2n) is 4.37. The fourth-order valence-corrected chi connectivity index (χ4v) is 1.81. The lowest BCUT2D eigenvalue weighted by Crippen LogP contribution is -2.38. The van der Waals surface area contributed by atoms with Crippen molar-refractivity contribution in [3.05, 3.63) is 29.6 Å². The molecule has 18 heavy (non-hydrogen) atoms. The molecule has 1 aromatic carbocycles. The summed E-state index contributed by atoms with van der Waals surface area (Å²) in [6.45, 7) is 1.65. The van der Waals surface area contributed by atoms with E-state index in [-0.39, 0.29) is 11.9 Å². The predicted molar refractivity (Wildman–Crippen MR) is 69.1 cm³/mol. The standard InChI is InChI=1S/C13H21FN2O2/c1-16(8-11(15)9-17-2)7-10-4-5-12(18-3)6-13(10)14/h4-6,11H,7-9,15H2,1-3H3. The lowest BCUT2D eigenvalue weighted by atomic mass is 10.2. The molecular formula is C13H21FN2O2. The van der Waals surface area contributed by atoms with Crippen LogP contribution in [-0.4, -0.2) is 45.4 Å². The smallest absolute Gasteiger partial charge is 0.131 e. The van der Waals surface area contributed by atoms with Crippen molar-refractivity contribution >= 4 is 0 Å². The molecule has 5 heteroatoms. The van der Waals surface area contributed by atoms with Crippen molar-refractivity contribution in [2.24, 2.45) is 5.73 Å². The third kappa shape index (κ3) is 4.60. The number of likely N-dealkylation sites (N-methyl/N-ethyl adjacent to an activating group) is 1. The van der Waals surface area contributed by atoms with Gasteiger partial charge in [0.1, 0.15) is 11.6 Å². The van der Waals surface area contributed by atoms with Gasteiger partial charge < -0.3 is 20.1 Å². The Morgan fingerprint density at radius 3 is 2.67 bits per heavy atom. The first-order chi connectivity index (χ1) is 8.56. The van der Waals surface area contributed by atoms with Gasteiger partial charge >= 0.3 is 0 Å². The lowest BCUT2D eigenvalue weighted by Gasteiger charge is -2.21. The summed E-state index contributed by atoms with van der Waals surface area (Å²) < 4.78 is 23.6. The van der Waals surface area contributed by atoms with Crippen LogP contribution >= 0.6 is 0 Å². The van der Waals surface area contributed by atoms with Gasteiger partial charge in [0.25, 0.3) is 0 Å². The summed E-state index contributed by atoms with van der Waals surface area (Å²) in [6.07, 6.45) is 0. The number of benzene rings is 1. The zero-order chi connectivity index (χ0) is 13.5. The first-order valence-corrected chi connectivity index (χ1v) is 5.82. The topological polar surface area (TPSA) is 47.7 Å². The largest absolute Gasteiger partial charge is 0.497 e. The van der Waals surface area contributed by atoms with Gasteiger partial charge in [-0.15, -0.1) is 0 Å². The van der Waals surface area contributed by atoms with Crippen LogP contribution in [0.1, 0.15) is 5.56 Å². The molecule has 1 unspecified atom stereocenters. The Kier molecular flexibility index (Phi) is 6.04. The lowest BCUT2D eigenvalue weighted by molar-refractivity contribution is 0.159. The summed E-state index contributed by atoms with van der Waals surface area (Å²) in [5.41, 5.74) is 6.47. The monoisotopic (exact) mass is 256 g/mol. The van der Waals surface area contributed by atoms with Crippen LogP contribution in [0.3, 0.4) is 0 Å². The van der Waals surface area contributed by atoms with Crippen molar-refractivity contribution in [1.29, 1.82) is 0 Å². The van der Waals surface area contributed by atoms with Crippen molar-refractivity contribution in [3.63, 3.8) is 0 Å². The molecule has 0 saturated heterocycles. The van der Waals surface area contributed by atoms with Crippen molar-refractivity contribution in [3.8, 4) is 5.75 Å². The first kappa shape index (κ1) is 14.9. The fraction of sp³-hybridized carbons (Fsp3) is 0.538. The van der Waals surface area contributed by atoms with Crippen molar-refractivity contribution in [1.82, 2.24) is 4.90 Å². The molecule has 0 aliphatic heterocycles. The van der Waals surface area contributed by atoms with E-state index < -0.39 is 0 Å². The molecule has 0 aliphatic carbocycles. The molecule has 0 saturated carbocycles. The number of methoxy groups -OCH3 is 2. The SMILES string of the molecule is COCC(N)CN(C)Cc1ccc(OC)cc1F. The molecule has 0 aliphatic rings. The highest BCUT2D eigenvalue weighted by molar-refractivity contribution is 5.28. The second kappa shape index (κ2) is 7.31. The van der Waals surface area contributed by atoms with E-state index in [1.807, 2.05) is 11.9 Å². The Morgan fingerprint density at radius 1 is 1.39 bits per heavy atom. The van der Waals surface area contributed by atoms with Gasteiger partial charge in [-0.25, -0.2) is 4.39 Å². The third-order valence-electron chi connectivity index (χ3n) is 2.63. The minimum atomic E-state index is -0.262. The van der Waals surface area contributed by atoms with Crippen molar-refractivity contribution in [2.75, 3.05) is 34.4 Å². The number of hydrogen-bond donors (Lipinski definition) is 1. The normalized spacial score (nSPS) is 12.8. The minimum Gasteiger partial charge on any atom is -0.497 e. The molecular weight excluding hydrogens is 235 g/mol. The number of hydrogen-bond acceptors (Lipinski definition) is 4. The van der Waals surface area contributed by atoms with Gasteiger partial charge in [-0.05, 0) is 13.1 Å². The number of ether oxygens (including phenoxy) is 2. The molecule has 102 valence electrons. The Labute approximate surface area is 107 Å². The zero-order valence-electron chi connectivity index (χ0n) is 11.1. The van der Waals surface area contributed by atoms with Gasteiger partial charge in [-0.2, -0.15) is 0 Å². The van der Waals surface area contributed by atoms with Gasteiger partial charge in [0, 0.05) is 37.9 Å². The quantitative estimate of drug-likeness (QED) is 0.797. The molecule has 0 spiro atoms. The van der Waals surface area contributed by atoms with Gasteiger partial charge in [0.05, 0.1) is 13.7 Å². The number of nitrogens with zero attached hydrogens (tertiary/aromatic N) is 1. The van der Waals surface area contributed by atoms with E-state index in [9.17, 15) is 4.39 Å². The van der Waals surface area contributed by atoms with Crippen LogP contribution in [0, 0.1) is 5.82 Å². The minimum absolute atomic E-state index is 0.0682. The molecule has 2 N–H and O–H groups in total. The van der Waals surface area contributed by atoms with Crippen LogP contribution in [0.25, 0.3) is 0 Å². The fourth-order valence-electron chi connectivity index (χ4n) is 1.81. The van der Waals surface area contributed by atoms with E-state index in [0.717, 1.165) is 0 Å². The molecule has 0 heterocycles. The summed E-state index contributed by atoms with van der Waals surface area (Å²) >= 11 is 0. The highest BCUT2D eigenvalue weighted by atomic mass is 19.1. The molecule has 0 aromatic heterocycles. The average molecular weight is 256 g/mol. The number of nitrogens with two attached hydrogens (primary N) is 1. The average Bonchev–Trinajstić information content (AvgIpc) is 2.31. The predicted octanol–water partition coefficient (Wildman–Crippen LogP) is 1.24. The van der Waals surface area contributed by atoms with Crippen molar-refractivity contribution < 1.29 is 13.9 Å². The Hall–Kier alpha value is -1.17. The van der Waals surface area contributed by atoms with Crippen LogP contribution in [-0.2, 0) is 11.3 Å². The Balaban J connectivity index is 2.56. The third-order valence-corrected chi connectivity index (χ3v) is 2.63. The van der Waals surface area contributed by atoms with Crippen LogP contribution in [0.15, 0.2) is 18.2 Å². The first-order valence-electron chi connectivity index (χ1n) is 5.82. The van der Waals surface area contributed by atoms with Gasteiger partial charge in [-0.1, -0.05) is 6.07 Å². The van der Waals surface area contributed by atoms with Gasteiger partial charge in [-0.3, -0.25) is 0 Å². The second-order valence-corrected chi connectivity index (χ2v) is 4.37. The number of rotatable bonds is 7. The highest BCUT2D eigenvalue weighted by Gasteiger charge is 2.10. The molecule has 0 fully saturated rings. The van der Waals surface area contributed by atoms with Crippen molar-refractivity contribution in [2.45, 2.75) is 12.6 Å². The zero-order valence-corrected chi connectivity index (χ0v) is 11.1. The van der Waals surface area contributed by atoms with Gasteiger partial charge in [0.2, 0.25) is 0 Å². The molecule has 1 aromatic rings. The maximum atomic E-state index is 13.7. The summed E-state index contributed by atoms with van der Waals surface area (Å²) in [6, 6.07) is 4.80. The van der Waals surface area contributed by atoms with E-state index in [1.54, 1.807) is 19.2 Å². The van der Waals surface area contributed by atoms with E-state index in [1.165, 1.54) is 13.2 Å². The summed E-state index contributed by atoms with van der Waals surface area (Å²) in [5.74, 6) is 0.261. The van der Waals surface area contributed by atoms with Crippen LogP contribution < -0.4 is 10.5 Å². The molecule has 0 amide bonds.